The normalized spacial score (nSPS) is 22.7. The van der Waals surface area contributed by atoms with Gasteiger partial charge in [0.05, 0.1) is 24.8 Å². The molecule has 2 saturated heterocycles. The molecule has 3 rings (SSSR count). The van der Waals surface area contributed by atoms with Crippen LogP contribution in [0.15, 0.2) is 12.4 Å². The third-order valence-electron chi connectivity index (χ3n) is 7.77. The van der Waals surface area contributed by atoms with Gasteiger partial charge in [0.1, 0.15) is 6.33 Å². The van der Waals surface area contributed by atoms with E-state index in [4.69, 9.17) is 9.47 Å². The Balaban J connectivity index is 1.72. The van der Waals surface area contributed by atoms with E-state index >= 15 is 0 Å². The van der Waals surface area contributed by atoms with Crippen LogP contribution in [0.3, 0.4) is 0 Å². The number of piperidine rings is 2. The molecule has 0 aliphatic carbocycles. The largest absolute Gasteiger partial charge is 0.477 e. The van der Waals surface area contributed by atoms with E-state index in [9.17, 15) is 19.8 Å². The molecule has 1 aromatic rings. The van der Waals surface area contributed by atoms with Gasteiger partial charge < -0.3 is 29.5 Å². The number of aromatic nitrogens is 2. The monoisotopic (exact) mass is 506 g/mol. The molecular formula is C26H42N4O6. The summed E-state index contributed by atoms with van der Waals surface area (Å²) in [4.78, 5) is 35.2. The van der Waals surface area contributed by atoms with Gasteiger partial charge in [-0.05, 0) is 36.5 Å². The molecule has 1 aromatic heterocycles. The molecule has 0 bridgehead atoms. The lowest BCUT2D eigenvalue weighted by Gasteiger charge is -2.64. The van der Waals surface area contributed by atoms with Crippen LogP contribution in [0.2, 0.25) is 0 Å². The van der Waals surface area contributed by atoms with Crippen molar-refractivity contribution in [2.45, 2.75) is 72.8 Å². The van der Waals surface area contributed by atoms with Gasteiger partial charge in [-0.2, -0.15) is 0 Å². The van der Waals surface area contributed by atoms with Crippen molar-refractivity contribution in [1.82, 2.24) is 19.8 Å². The SMILES string of the molecule is CC(C)(C)C1(C(C)(C)C)[C@H](COc2cc(OC[C@@H]3CCCN(C(=O)O)C3)ncn2)CCCN1C(=O)O. The van der Waals surface area contributed by atoms with Gasteiger partial charge in [0.25, 0.3) is 0 Å². The summed E-state index contributed by atoms with van der Waals surface area (Å²) >= 11 is 0. The summed E-state index contributed by atoms with van der Waals surface area (Å²) in [6.07, 6.45) is 2.95. The predicted molar refractivity (Wildman–Crippen MR) is 134 cm³/mol. The van der Waals surface area contributed by atoms with Gasteiger partial charge in [-0.1, -0.05) is 41.5 Å². The van der Waals surface area contributed by atoms with Crippen LogP contribution in [0.25, 0.3) is 0 Å². The Kier molecular flexibility index (Phi) is 8.25. The maximum atomic E-state index is 12.4. The van der Waals surface area contributed by atoms with Crippen molar-refractivity contribution in [3.05, 3.63) is 12.4 Å². The third-order valence-corrected chi connectivity index (χ3v) is 7.77. The molecule has 2 amide bonds. The van der Waals surface area contributed by atoms with Crippen LogP contribution in [0.1, 0.15) is 67.2 Å². The molecule has 0 radical (unpaired) electrons. The summed E-state index contributed by atoms with van der Waals surface area (Å²) in [5, 5.41) is 19.4. The molecule has 202 valence electrons. The molecule has 2 atom stereocenters. The molecule has 3 heterocycles. The lowest BCUT2D eigenvalue weighted by Crippen LogP contribution is -2.72. The van der Waals surface area contributed by atoms with Crippen molar-refractivity contribution in [3.63, 3.8) is 0 Å². The Bertz CT molecular complexity index is 912. The molecular weight excluding hydrogens is 464 g/mol. The van der Waals surface area contributed by atoms with E-state index in [-0.39, 0.29) is 22.7 Å². The lowest BCUT2D eigenvalue weighted by atomic mass is 9.52. The minimum Gasteiger partial charge on any atom is -0.477 e. The number of ether oxygens (including phenoxy) is 2. The van der Waals surface area contributed by atoms with Crippen LogP contribution in [0, 0.1) is 22.7 Å². The fraction of sp³-hybridized carbons (Fsp3) is 0.769. The molecule has 10 nitrogen and oxygen atoms in total. The standard InChI is InChI=1S/C26H42N4O6/c1-24(2,3)26(25(4,5)6)19(10-8-12-30(26)23(33)34)16-36-21-13-20(27-17-28-21)35-15-18-9-7-11-29(14-18)22(31)32/h13,17-19H,7-12,14-16H2,1-6H3,(H,31,32)(H,33,34)/t18-,19+/m1/s1. The first kappa shape index (κ1) is 27.8. The minimum atomic E-state index is -0.900. The molecule has 36 heavy (non-hydrogen) atoms. The first-order chi connectivity index (χ1) is 16.8. The van der Waals surface area contributed by atoms with Gasteiger partial charge in [0.2, 0.25) is 11.8 Å². The summed E-state index contributed by atoms with van der Waals surface area (Å²) < 4.78 is 12.0. The Morgan fingerprint density at radius 2 is 1.53 bits per heavy atom. The van der Waals surface area contributed by atoms with E-state index in [1.54, 1.807) is 11.0 Å². The Labute approximate surface area is 214 Å². The summed E-state index contributed by atoms with van der Waals surface area (Å²) in [7, 11) is 0. The molecule has 0 spiro atoms. The first-order valence-electron chi connectivity index (χ1n) is 12.8. The van der Waals surface area contributed by atoms with E-state index in [1.807, 2.05) is 0 Å². The lowest BCUT2D eigenvalue weighted by molar-refractivity contribution is -0.141. The maximum Gasteiger partial charge on any atom is 0.407 e. The van der Waals surface area contributed by atoms with Crippen LogP contribution in [-0.2, 0) is 0 Å². The van der Waals surface area contributed by atoms with Gasteiger partial charge in [-0.25, -0.2) is 19.6 Å². The second kappa shape index (κ2) is 10.7. The number of hydrogen-bond acceptors (Lipinski definition) is 6. The van der Waals surface area contributed by atoms with E-state index in [0.29, 0.717) is 44.6 Å². The van der Waals surface area contributed by atoms with Crippen molar-refractivity contribution in [2.75, 3.05) is 32.8 Å². The average Bonchev–Trinajstić information content (AvgIpc) is 2.80. The van der Waals surface area contributed by atoms with Crippen LogP contribution in [0.5, 0.6) is 11.8 Å². The Morgan fingerprint density at radius 1 is 0.944 bits per heavy atom. The summed E-state index contributed by atoms with van der Waals surface area (Å²) in [5.74, 6) is 0.824. The molecule has 2 fully saturated rings. The Hall–Kier alpha value is -2.78. The second-order valence-corrected chi connectivity index (χ2v) is 12.1. The number of nitrogens with zero attached hydrogens (tertiary/aromatic N) is 4. The van der Waals surface area contributed by atoms with E-state index in [0.717, 1.165) is 25.7 Å². The van der Waals surface area contributed by atoms with Crippen LogP contribution < -0.4 is 9.47 Å². The smallest absolute Gasteiger partial charge is 0.407 e. The van der Waals surface area contributed by atoms with Crippen molar-refractivity contribution in [3.8, 4) is 11.8 Å². The fourth-order valence-corrected chi connectivity index (χ4v) is 6.96. The van der Waals surface area contributed by atoms with Crippen LogP contribution >= 0.6 is 0 Å². The van der Waals surface area contributed by atoms with E-state index in [1.165, 1.54) is 11.2 Å². The molecule has 2 N–H and O–H groups in total. The van der Waals surface area contributed by atoms with Crippen LogP contribution in [-0.4, -0.2) is 80.6 Å². The number of carbonyl (C=O) groups is 2. The quantitative estimate of drug-likeness (QED) is 0.561. The first-order valence-corrected chi connectivity index (χ1v) is 12.8. The van der Waals surface area contributed by atoms with E-state index < -0.39 is 17.7 Å². The number of likely N-dealkylation sites (tertiary alicyclic amines) is 2. The van der Waals surface area contributed by atoms with Gasteiger partial charge in [-0.15, -0.1) is 0 Å². The molecule has 10 heteroatoms. The highest BCUT2D eigenvalue weighted by Gasteiger charge is 2.61. The van der Waals surface area contributed by atoms with Gasteiger partial charge >= 0.3 is 12.2 Å². The van der Waals surface area contributed by atoms with Gasteiger partial charge in [0, 0.05) is 31.5 Å². The van der Waals surface area contributed by atoms with Crippen molar-refractivity contribution in [1.29, 1.82) is 0 Å². The van der Waals surface area contributed by atoms with Gasteiger partial charge in [-0.3, -0.25) is 0 Å². The zero-order valence-electron chi connectivity index (χ0n) is 22.5. The number of rotatable bonds is 6. The molecule has 2 aliphatic rings. The minimum absolute atomic E-state index is 0.0362. The molecule has 0 unspecified atom stereocenters. The molecule has 2 aliphatic heterocycles. The summed E-state index contributed by atoms with van der Waals surface area (Å²) in [6, 6.07) is 1.64. The maximum absolute atomic E-state index is 12.4. The molecule has 0 aromatic carbocycles. The number of amides is 2. The van der Waals surface area contributed by atoms with Crippen molar-refractivity contribution < 1.29 is 29.3 Å². The van der Waals surface area contributed by atoms with Crippen molar-refractivity contribution >= 4 is 12.2 Å². The van der Waals surface area contributed by atoms with Crippen LogP contribution in [0.4, 0.5) is 9.59 Å². The van der Waals surface area contributed by atoms with Gasteiger partial charge in [0.15, 0.2) is 0 Å². The third kappa shape index (κ3) is 5.62. The summed E-state index contributed by atoms with van der Waals surface area (Å²) in [6.45, 7) is 14.9. The highest BCUT2D eigenvalue weighted by molar-refractivity contribution is 5.67. The highest BCUT2D eigenvalue weighted by atomic mass is 16.5. The zero-order valence-corrected chi connectivity index (χ0v) is 22.5. The average molecular weight is 507 g/mol. The van der Waals surface area contributed by atoms with E-state index in [2.05, 4.69) is 51.5 Å². The Morgan fingerprint density at radius 3 is 2.08 bits per heavy atom. The second-order valence-electron chi connectivity index (χ2n) is 12.1. The number of hydrogen-bond donors (Lipinski definition) is 2. The zero-order chi connectivity index (χ0) is 26.7. The topological polar surface area (TPSA) is 125 Å². The van der Waals surface area contributed by atoms with Crippen molar-refractivity contribution in [2.24, 2.45) is 22.7 Å². The highest BCUT2D eigenvalue weighted by Crippen LogP contribution is 2.56. The fourth-order valence-electron chi connectivity index (χ4n) is 6.96. The number of carboxylic acid groups (broad SMARTS) is 2. The predicted octanol–water partition coefficient (Wildman–Crippen LogP) is 4.85. The summed E-state index contributed by atoms with van der Waals surface area (Å²) in [5.41, 5.74) is -1.31. The molecule has 0 saturated carbocycles.